The molecular formula is C19H26N2O5S. The van der Waals surface area contributed by atoms with Crippen LogP contribution in [0.15, 0.2) is 36.4 Å². The molecular weight excluding hydrogens is 368 g/mol. The minimum Gasteiger partial charge on any atom is -0.394 e. The van der Waals surface area contributed by atoms with Crippen LogP contribution in [-0.4, -0.2) is 56.1 Å². The summed E-state index contributed by atoms with van der Waals surface area (Å²) >= 11 is 0. The van der Waals surface area contributed by atoms with Gasteiger partial charge in [0.15, 0.2) is 0 Å². The first-order valence-corrected chi connectivity index (χ1v) is 10.9. The summed E-state index contributed by atoms with van der Waals surface area (Å²) in [6.45, 7) is 1.20. The Hall–Kier alpha value is -1.74. The lowest BCUT2D eigenvalue weighted by Gasteiger charge is -2.31. The summed E-state index contributed by atoms with van der Waals surface area (Å²) in [5, 5.41) is 12.6. The molecule has 3 rings (SSSR count). The van der Waals surface area contributed by atoms with Crippen LogP contribution >= 0.6 is 0 Å². The van der Waals surface area contributed by atoms with Gasteiger partial charge in [-0.1, -0.05) is 36.4 Å². The minimum atomic E-state index is -3.42. The molecule has 0 saturated heterocycles. The number of fused-ring (bicyclic) bond motifs is 1. The third-order valence-corrected chi connectivity index (χ3v) is 6.35. The lowest BCUT2D eigenvalue weighted by Crippen LogP contribution is -2.49. The molecule has 27 heavy (non-hydrogen) atoms. The van der Waals surface area contributed by atoms with Crippen LogP contribution < -0.4 is 10.0 Å². The van der Waals surface area contributed by atoms with Crippen LogP contribution in [0.2, 0.25) is 0 Å². The zero-order valence-corrected chi connectivity index (χ0v) is 16.1. The number of ether oxygens (including phenoxy) is 1. The number of aliphatic hydroxyl groups excluding tert-OH is 1. The van der Waals surface area contributed by atoms with Crippen molar-refractivity contribution in [2.75, 3.05) is 12.4 Å². The first-order chi connectivity index (χ1) is 12.9. The molecule has 1 aromatic carbocycles. The van der Waals surface area contributed by atoms with E-state index >= 15 is 0 Å². The van der Waals surface area contributed by atoms with E-state index in [9.17, 15) is 18.3 Å². The normalized spacial score (nSPS) is 25.3. The van der Waals surface area contributed by atoms with Crippen LogP contribution in [0.1, 0.15) is 24.5 Å². The average Bonchev–Trinajstić information content (AvgIpc) is 3.04. The molecule has 7 nitrogen and oxygen atoms in total. The van der Waals surface area contributed by atoms with E-state index in [-0.39, 0.29) is 30.7 Å². The Morgan fingerprint density at radius 3 is 2.48 bits per heavy atom. The highest BCUT2D eigenvalue weighted by atomic mass is 32.2. The van der Waals surface area contributed by atoms with Gasteiger partial charge in [-0.25, -0.2) is 13.1 Å². The monoisotopic (exact) mass is 394 g/mol. The van der Waals surface area contributed by atoms with Gasteiger partial charge in [0.1, 0.15) is 6.10 Å². The number of nitrogens with one attached hydrogen (secondary N) is 2. The largest absolute Gasteiger partial charge is 0.394 e. The van der Waals surface area contributed by atoms with E-state index in [0.717, 1.165) is 12.8 Å². The minimum absolute atomic E-state index is 0.0505. The molecule has 1 aliphatic carbocycles. The molecule has 148 valence electrons. The Balaban J connectivity index is 1.53. The number of hydrogen-bond acceptors (Lipinski definition) is 5. The maximum absolute atomic E-state index is 12.4. The highest BCUT2D eigenvalue weighted by Gasteiger charge is 2.31. The highest BCUT2D eigenvalue weighted by molar-refractivity contribution is 7.89. The summed E-state index contributed by atoms with van der Waals surface area (Å²) < 4.78 is 31.7. The van der Waals surface area contributed by atoms with Gasteiger partial charge in [-0.2, -0.15) is 0 Å². The SMILES string of the molecule is CCS(=O)(=O)N[C@H]1C=C[C@H](CC(=O)NC2Cc3ccccc3C2)O[C@H]1CO. The molecule has 0 radical (unpaired) electrons. The molecule has 0 fully saturated rings. The van der Waals surface area contributed by atoms with Gasteiger partial charge < -0.3 is 15.2 Å². The van der Waals surface area contributed by atoms with E-state index in [4.69, 9.17) is 4.74 Å². The van der Waals surface area contributed by atoms with E-state index in [2.05, 4.69) is 22.2 Å². The molecule has 2 aliphatic rings. The third-order valence-electron chi connectivity index (χ3n) is 4.96. The number of hydrogen-bond donors (Lipinski definition) is 3. The third kappa shape index (κ3) is 5.16. The second-order valence-corrected chi connectivity index (χ2v) is 9.02. The van der Waals surface area contributed by atoms with E-state index in [1.807, 2.05) is 12.1 Å². The number of aliphatic hydroxyl groups is 1. The fourth-order valence-corrected chi connectivity index (χ4v) is 4.34. The summed E-state index contributed by atoms with van der Waals surface area (Å²) in [4.78, 5) is 12.4. The fourth-order valence-electron chi connectivity index (χ4n) is 3.53. The predicted molar refractivity (Wildman–Crippen MR) is 102 cm³/mol. The molecule has 1 amide bonds. The van der Waals surface area contributed by atoms with E-state index in [1.165, 1.54) is 18.1 Å². The second-order valence-electron chi connectivity index (χ2n) is 6.97. The number of carbonyl (C=O) groups excluding carboxylic acids is 1. The molecule has 3 atom stereocenters. The van der Waals surface area contributed by atoms with Crippen LogP contribution in [0.4, 0.5) is 0 Å². The first-order valence-electron chi connectivity index (χ1n) is 9.21. The van der Waals surface area contributed by atoms with E-state index in [0.29, 0.717) is 0 Å². The van der Waals surface area contributed by atoms with Gasteiger partial charge in [0.25, 0.3) is 0 Å². The molecule has 0 spiro atoms. The molecule has 0 aromatic heterocycles. The van der Waals surface area contributed by atoms with Crippen LogP contribution in [0.5, 0.6) is 0 Å². The lowest BCUT2D eigenvalue weighted by atomic mass is 10.1. The van der Waals surface area contributed by atoms with Crippen molar-refractivity contribution in [3.63, 3.8) is 0 Å². The van der Waals surface area contributed by atoms with Crippen LogP contribution in [0.25, 0.3) is 0 Å². The van der Waals surface area contributed by atoms with Gasteiger partial charge in [-0.3, -0.25) is 4.79 Å². The van der Waals surface area contributed by atoms with Crippen molar-refractivity contribution in [2.24, 2.45) is 0 Å². The Morgan fingerprint density at radius 1 is 1.22 bits per heavy atom. The maximum Gasteiger partial charge on any atom is 0.223 e. The quantitative estimate of drug-likeness (QED) is 0.577. The van der Waals surface area contributed by atoms with Gasteiger partial charge in [-0.15, -0.1) is 0 Å². The Labute approximate surface area is 159 Å². The lowest BCUT2D eigenvalue weighted by molar-refractivity contribution is -0.125. The molecule has 0 unspecified atom stereocenters. The summed E-state index contributed by atoms with van der Waals surface area (Å²) in [7, 11) is -3.42. The maximum atomic E-state index is 12.4. The van der Waals surface area contributed by atoms with Gasteiger partial charge >= 0.3 is 0 Å². The second kappa shape index (κ2) is 8.52. The average molecular weight is 394 g/mol. The molecule has 0 bridgehead atoms. The number of carbonyl (C=O) groups is 1. The zero-order chi connectivity index (χ0) is 19.4. The molecule has 1 aliphatic heterocycles. The van der Waals surface area contributed by atoms with Gasteiger partial charge in [0, 0.05) is 6.04 Å². The van der Waals surface area contributed by atoms with Gasteiger partial charge in [-0.05, 0) is 30.9 Å². The molecule has 1 heterocycles. The Kier molecular flexibility index (Phi) is 6.31. The number of benzene rings is 1. The van der Waals surface area contributed by atoms with Gasteiger partial charge in [0.2, 0.25) is 15.9 Å². The van der Waals surface area contributed by atoms with Crippen molar-refractivity contribution >= 4 is 15.9 Å². The highest BCUT2D eigenvalue weighted by Crippen LogP contribution is 2.22. The van der Waals surface area contributed by atoms with Crippen molar-refractivity contribution in [3.05, 3.63) is 47.5 Å². The molecule has 1 aromatic rings. The Bertz CT molecular complexity index is 783. The first kappa shape index (κ1) is 20.0. The van der Waals surface area contributed by atoms with Crippen LogP contribution in [0, 0.1) is 0 Å². The summed E-state index contributed by atoms with van der Waals surface area (Å²) in [5.74, 6) is -0.169. The van der Waals surface area contributed by atoms with Crippen LogP contribution in [0.3, 0.4) is 0 Å². The zero-order valence-electron chi connectivity index (χ0n) is 15.3. The van der Waals surface area contributed by atoms with E-state index < -0.39 is 28.3 Å². The standard InChI is InChI=1S/C19H26N2O5S/c1-2-27(24,25)21-17-8-7-16(26-18(17)12-22)11-19(23)20-15-9-13-5-3-4-6-14(13)10-15/h3-8,15-18,21-22H,2,9-12H2,1H3,(H,20,23)/t16-,17+,18+/m1/s1. The van der Waals surface area contributed by atoms with Crippen LogP contribution in [-0.2, 0) is 32.4 Å². The van der Waals surface area contributed by atoms with Crippen molar-refractivity contribution in [1.82, 2.24) is 10.0 Å². The molecule has 8 heteroatoms. The molecule has 3 N–H and O–H groups in total. The summed E-state index contributed by atoms with van der Waals surface area (Å²) in [6.07, 6.45) is 3.90. The van der Waals surface area contributed by atoms with Gasteiger partial charge in [0.05, 0.1) is 30.9 Å². The molecule has 0 saturated carbocycles. The topological polar surface area (TPSA) is 105 Å². The Morgan fingerprint density at radius 2 is 1.89 bits per heavy atom. The van der Waals surface area contributed by atoms with Crippen molar-refractivity contribution in [3.8, 4) is 0 Å². The summed E-state index contributed by atoms with van der Waals surface area (Å²) in [5.41, 5.74) is 2.53. The number of rotatable bonds is 7. The van der Waals surface area contributed by atoms with E-state index in [1.54, 1.807) is 12.2 Å². The summed E-state index contributed by atoms with van der Waals surface area (Å²) in [6, 6.07) is 7.61. The fraction of sp³-hybridized carbons (Fsp3) is 0.526. The smallest absolute Gasteiger partial charge is 0.223 e. The van der Waals surface area contributed by atoms with Crippen molar-refractivity contribution in [1.29, 1.82) is 0 Å². The van der Waals surface area contributed by atoms with Crippen molar-refractivity contribution in [2.45, 2.75) is 50.5 Å². The predicted octanol–water partition coefficient (Wildman–Crippen LogP) is 0.284. The number of sulfonamides is 1. The van der Waals surface area contributed by atoms with Crippen molar-refractivity contribution < 1.29 is 23.1 Å². The number of amides is 1.